The fourth-order valence-corrected chi connectivity index (χ4v) is 2.46. The van der Waals surface area contributed by atoms with Gasteiger partial charge in [-0.1, -0.05) is 38.1 Å². The highest BCUT2D eigenvalue weighted by Gasteiger charge is 2.20. The molecular formula is C16H21NO. The van der Waals surface area contributed by atoms with Crippen LogP contribution in [0.5, 0.6) is 0 Å². The molecule has 1 aromatic carbocycles. The Morgan fingerprint density at radius 3 is 2.56 bits per heavy atom. The van der Waals surface area contributed by atoms with E-state index in [1.807, 2.05) is 20.0 Å². The maximum absolute atomic E-state index is 5.46. The van der Waals surface area contributed by atoms with Gasteiger partial charge in [-0.3, -0.25) is 4.98 Å². The molecule has 2 heterocycles. The Morgan fingerprint density at radius 2 is 1.89 bits per heavy atom. The van der Waals surface area contributed by atoms with Crippen molar-refractivity contribution in [2.45, 2.75) is 33.1 Å². The molecule has 1 unspecified atom stereocenters. The van der Waals surface area contributed by atoms with Crippen molar-refractivity contribution >= 4 is 10.8 Å². The summed E-state index contributed by atoms with van der Waals surface area (Å²) in [6.45, 7) is 7.79. The minimum atomic E-state index is 0.526. The molecule has 2 nitrogen and oxygen atoms in total. The quantitative estimate of drug-likeness (QED) is 0.753. The summed E-state index contributed by atoms with van der Waals surface area (Å²) in [7, 11) is 0. The van der Waals surface area contributed by atoms with Crippen molar-refractivity contribution < 1.29 is 4.74 Å². The van der Waals surface area contributed by atoms with Gasteiger partial charge in [-0.25, -0.2) is 0 Å². The molecule has 0 bridgehead atoms. The predicted octanol–water partition coefficient (Wildman–Crippen LogP) is 4.07. The Hall–Kier alpha value is -1.41. The lowest BCUT2D eigenvalue weighted by Crippen LogP contribution is -2.00. The van der Waals surface area contributed by atoms with Gasteiger partial charge in [0.25, 0.3) is 0 Å². The first-order valence-corrected chi connectivity index (χ1v) is 6.78. The van der Waals surface area contributed by atoms with Gasteiger partial charge in [0.05, 0.1) is 6.61 Å². The molecule has 2 heteroatoms. The molecule has 18 heavy (non-hydrogen) atoms. The van der Waals surface area contributed by atoms with E-state index in [-0.39, 0.29) is 0 Å². The molecular weight excluding hydrogens is 222 g/mol. The van der Waals surface area contributed by atoms with Crippen molar-refractivity contribution in [1.29, 1.82) is 0 Å². The number of pyridine rings is 1. The van der Waals surface area contributed by atoms with Gasteiger partial charge >= 0.3 is 0 Å². The van der Waals surface area contributed by atoms with Gasteiger partial charge in [0, 0.05) is 29.8 Å². The molecule has 1 fully saturated rings. The molecule has 1 saturated heterocycles. The van der Waals surface area contributed by atoms with E-state index < -0.39 is 0 Å². The van der Waals surface area contributed by atoms with Gasteiger partial charge in [0.15, 0.2) is 0 Å². The van der Waals surface area contributed by atoms with E-state index in [0.717, 1.165) is 25.3 Å². The zero-order valence-corrected chi connectivity index (χ0v) is 11.4. The number of hydrogen-bond acceptors (Lipinski definition) is 2. The number of fused-ring (bicyclic) bond motifs is 1. The number of aromatic nitrogens is 1. The third kappa shape index (κ3) is 2.39. The van der Waals surface area contributed by atoms with Gasteiger partial charge in [-0.15, -0.1) is 0 Å². The van der Waals surface area contributed by atoms with E-state index in [9.17, 15) is 0 Å². The SMILES string of the molecule is CC.Cc1ncc(C2CCOC2)c2ccccc12. The largest absolute Gasteiger partial charge is 0.381 e. The maximum Gasteiger partial charge on any atom is 0.0536 e. The van der Waals surface area contributed by atoms with Crippen LogP contribution in [0.4, 0.5) is 0 Å². The summed E-state index contributed by atoms with van der Waals surface area (Å²) >= 11 is 0. The monoisotopic (exact) mass is 243 g/mol. The third-order valence-electron chi connectivity index (χ3n) is 3.39. The third-order valence-corrected chi connectivity index (χ3v) is 3.39. The van der Waals surface area contributed by atoms with Crippen LogP contribution in [0.3, 0.4) is 0 Å². The number of nitrogens with zero attached hydrogens (tertiary/aromatic N) is 1. The van der Waals surface area contributed by atoms with Crippen molar-refractivity contribution in [2.24, 2.45) is 0 Å². The minimum absolute atomic E-state index is 0.526. The molecule has 2 aromatic rings. The van der Waals surface area contributed by atoms with Crippen molar-refractivity contribution in [3.05, 3.63) is 41.7 Å². The molecule has 0 radical (unpaired) electrons. The van der Waals surface area contributed by atoms with Crippen molar-refractivity contribution in [1.82, 2.24) is 4.98 Å². The number of ether oxygens (including phenoxy) is 1. The molecule has 0 aliphatic carbocycles. The predicted molar refractivity (Wildman–Crippen MR) is 76.0 cm³/mol. The highest BCUT2D eigenvalue weighted by Crippen LogP contribution is 2.31. The van der Waals surface area contributed by atoms with E-state index in [0.29, 0.717) is 5.92 Å². The smallest absolute Gasteiger partial charge is 0.0536 e. The number of rotatable bonds is 1. The van der Waals surface area contributed by atoms with Crippen LogP contribution in [0.2, 0.25) is 0 Å². The van der Waals surface area contributed by atoms with Crippen LogP contribution in [0.25, 0.3) is 10.8 Å². The first kappa shape index (κ1) is 13.0. The Kier molecular flexibility index (Phi) is 4.32. The highest BCUT2D eigenvalue weighted by atomic mass is 16.5. The van der Waals surface area contributed by atoms with Crippen LogP contribution in [-0.2, 0) is 4.74 Å². The summed E-state index contributed by atoms with van der Waals surface area (Å²) < 4.78 is 5.46. The van der Waals surface area contributed by atoms with Crippen molar-refractivity contribution in [3.8, 4) is 0 Å². The fourth-order valence-electron chi connectivity index (χ4n) is 2.46. The molecule has 0 spiro atoms. The second-order valence-corrected chi connectivity index (χ2v) is 4.41. The van der Waals surface area contributed by atoms with E-state index >= 15 is 0 Å². The minimum Gasteiger partial charge on any atom is -0.381 e. The molecule has 1 aromatic heterocycles. The van der Waals surface area contributed by atoms with Gasteiger partial charge in [0.2, 0.25) is 0 Å². The Morgan fingerprint density at radius 1 is 1.17 bits per heavy atom. The van der Waals surface area contributed by atoms with Crippen molar-refractivity contribution in [3.63, 3.8) is 0 Å². The van der Waals surface area contributed by atoms with E-state index in [1.165, 1.54) is 16.3 Å². The van der Waals surface area contributed by atoms with Crippen LogP contribution in [0.15, 0.2) is 30.5 Å². The second kappa shape index (κ2) is 5.96. The highest BCUT2D eigenvalue weighted by molar-refractivity contribution is 5.87. The van der Waals surface area contributed by atoms with E-state index in [4.69, 9.17) is 4.74 Å². The van der Waals surface area contributed by atoms with Gasteiger partial charge in [0.1, 0.15) is 0 Å². The molecule has 96 valence electrons. The first-order valence-electron chi connectivity index (χ1n) is 6.78. The Labute approximate surface area is 109 Å². The summed E-state index contributed by atoms with van der Waals surface area (Å²) in [6, 6.07) is 8.52. The number of aryl methyl sites for hydroxylation is 1. The van der Waals surface area contributed by atoms with Crippen LogP contribution in [0, 0.1) is 6.92 Å². The maximum atomic E-state index is 5.46. The average molecular weight is 243 g/mol. The van der Waals surface area contributed by atoms with Crippen LogP contribution < -0.4 is 0 Å². The molecule has 1 aliphatic rings. The number of benzene rings is 1. The fraction of sp³-hybridized carbons (Fsp3) is 0.438. The molecule has 0 amide bonds. The first-order chi connectivity index (χ1) is 8.86. The van der Waals surface area contributed by atoms with E-state index in [2.05, 4.69) is 36.2 Å². The van der Waals surface area contributed by atoms with E-state index in [1.54, 1.807) is 0 Å². The summed E-state index contributed by atoms with van der Waals surface area (Å²) in [4.78, 5) is 4.50. The standard InChI is InChI=1S/C14H15NO.C2H6/c1-10-12-4-2-3-5-13(12)14(8-15-10)11-6-7-16-9-11;1-2/h2-5,8,11H,6-7,9H2,1H3;1-2H3. The topological polar surface area (TPSA) is 22.1 Å². The average Bonchev–Trinajstić information content (AvgIpc) is 2.96. The molecule has 3 rings (SSSR count). The molecule has 1 aliphatic heterocycles. The lowest BCUT2D eigenvalue weighted by atomic mass is 9.94. The summed E-state index contributed by atoms with van der Waals surface area (Å²) in [5, 5.41) is 2.61. The second-order valence-electron chi connectivity index (χ2n) is 4.41. The van der Waals surface area contributed by atoms with Crippen molar-refractivity contribution in [2.75, 3.05) is 13.2 Å². The zero-order valence-electron chi connectivity index (χ0n) is 11.4. The molecule has 0 saturated carbocycles. The van der Waals surface area contributed by atoms with Gasteiger partial charge in [-0.05, 0) is 24.3 Å². The van der Waals surface area contributed by atoms with Crippen LogP contribution in [0.1, 0.15) is 37.4 Å². The van der Waals surface area contributed by atoms with Crippen LogP contribution in [-0.4, -0.2) is 18.2 Å². The molecule has 1 atom stereocenters. The lowest BCUT2D eigenvalue weighted by Gasteiger charge is -2.12. The lowest BCUT2D eigenvalue weighted by molar-refractivity contribution is 0.194. The normalized spacial score (nSPS) is 18.5. The summed E-state index contributed by atoms with van der Waals surface area (Å²) in [6.07, 6.45) is 3.14. The Bertz CT molecular complexity index is 515. The zero-order chi connectivity index (χ0) is 13.0. The Balaban J connectivity index is 0.000000574. The van der Waals surface area contributed by atoms with Gasteiger partial charge in [-0.2, -0.15) is 0 Å². The molecule has 0 N–H and O–H groups in total. The summed E-state index contributed by atoms with van der Waals surface area (Å²) in [5.41, 5.74) is 2.46. The number of hydrogen-bond donors (Lipinski definition) is 0. The summed E-state index contributed by atoms with van der Waals surface area (Å²) in [5.74, 6) is 0.526. The van der Waals surface area contributed by atoms with Gasteiger partial charge < -0.3 is 4.74 Å². The van der Waals surface area contributed by atoms with Crippen LogP contribution >= 0.6 is 0 Å².